The number of halogens is 1. The van der Waals surface area contributed by atoms with Gasteiger partial charge in [-0.1, -0.05) is 84.0 Å². The summed E-state index contributed by atoms with van der Waals surface area (Å²) in [5, 5.41) is 21.4. The van der Waals surface area contributed by atoms with E-state index in [-0.39, 0.29) is 19.5 Å². The highest BCUT2D eigenvalue weighted by atomic mass is 19.1. The van der Waals surface area contributed by atoms with Crippen molar-refractivity contribution >= 4 is 24.0 Å². The number of benzene rings is 2. The van der Waals surface area contributed by atoms with Crippen molar-refractivity contribution < 1.29 is 38.1 Å². The molecule has 282 valence electrons. The SMILES string of the molecule is COC(=O)N[C@H](C(=O)N[C@@H](Cc1ccc(F)cc1)[C@@H](O)CN(Cc1ccc(-c2ccccn2)cc1)NC(=O)[C@@H](NC(=O)OC)C(C)(C)C)C(C)(C)C. The standard InChI is InChI=1S/C38H51FN6O7/c1-37(2,3)31(42-35(49)51-7)33(47)41-29(21-24-14-18-27(39)19-15-24)30(46)23-45(44-34(48)32(38(4,5)6)43-36(50)52-8)22-25-12-16-26(17-13-25)28-11-9-10-20-40-28/h9-20,29-32,46H,21-23H2,1-8H3,(H,41,47)(H,42,49)(H,43,50)(H,44,48)/t29-,30-,31+,32+/m0/s1. The molecule has 4 atom stereocenters. The maximum atomic E-state index is 13.8. The van der Waals surface area contributed by atoms with Gasteiger partial charge in [0, 0.05) is 24.8 Å². The summed E-state index contributed by atoms with van der Waals surface area (Å²) >= 11 is 0. The Morgan fingerprint density at radius 1 is 0.769 bits per heavy atom. The van der Waals surface area contributed by atoms with Gasteiger partial charge in [-0.2, -0.15) is 0 Å². The van der Waals surface area contributed by atoms with Gasteiger partial charge in [0.1, 0.15) is 17.9 Å². The highest BCUT2D eigenvalue weighted by Crippen LogP contribution is 2.23. The summed E-state index contributed by atoms with van der Waals surface area (Å²) in [6, 6.07) is 15.7. The Morgan fingerprint density at radius 3 is 1.81 bits per heavy atom. The number of amides is 4. The minimum Gasteiger partial charge on any atom is -0.453 e. The van der Waals surface area contributed by atoms with Gasteiger partial charge in [-0.3, -0.25) is 20.0 Å². The number of pyridine rings is 1. The second-order valence-corrected chi connectivity index (χ2v) is 14.7. The summed E-state index contributed by atoms with van der Waals surface area (Å²) in [5.74, 6) is -1.60. The van der Waals surface area contributed by atoms with Crippen LogP contribution >= 0.6 is 0 Å². The molecule has 0 aliphatic heterocycles. The van der Waals surface area contributed by atoms with Crippen LogP contribution in [0, 0.1) is 16.6 Å². The number of carbonyl (C=O) groups is 4. The zero-order valence-electron chi connectivity index (χ0n) is 31.0. The van der Waals surface area contributed by atoms with Gasteiger partial charge in [0.15, 0.2) is 0 Å². The summed E-state index contributed by atoms with van der Waals surface area (Å²) in [5.41, 5.74) is 4.43. The second kappa shape index (κ2) is 18.4. The first-order valence-corrected chi connectivity index (χ1v) is 16.9. The number of methoxy groups -OCH3 is 2. The third-order valence-electron chi connectivity index (χ3n) is 8.28. The van der Waals surface area contributed by atoms with Crippen LogP contribution in [0.2, 0.25) is 0 Å². The average Bonchev–Trinajstić information content (AvgIpc) is 3.09. The fourth-order valence-corrected chi connectivity index (χ4v) is 5.39. The molecule has 2 aromatic carbocycles. The number of aliphatic hydroxyl groups is 1. The van der Waals surface area contributed by atoms with Crippen molar-refractivity contribution in [2.75, 3.05) is 20.8 Å². The van der Waals surface area contributed by atoms with Crippen molar-refractivity contribution in [2.24, 2.45) is 10.8 Å². The van der Waals surface area contributed by atoms with Crippen molar-refractivity contribution in [1.82, 2.24) is 31.4 Å². The number of rotatable bonds is 14. The molecule has 0 aliphatic rings. The van der Waals surface area contributed by atoms with E-state index in [1.165, 1.54) is 31.4 Å². The van der Waals surface area contributed by atoms with Gasteiger partial charge < -0.3 is 30.5 Å². The van der Waals surface area contributed by atoms with Crippen molar-refractivity contribution in [1.29, 1.82) is 0 Å². The highest BCUT2D eigenvalue weighted by molar-refractivity contribution is 5.87. The molecule has 13 nitrogen and oxygen atoms in total. The summed E-state index contributed by atoms with van der Waals surface area (Å²) in [4.78, 5) is 56.3. The number of nitrogens with zero attached hydrogens (tertiary/aromatic N) is 2. The predicted octanol–water partition coefficient (Wildman–Crippen LogP) is 4.35. The molecule has 52 heavy (non-hydrogen) atoms. The number of alkyl carbamates (subject to hydrolysis) is 2. The molecule has 0 bridgehead atoms. The molecule has 3 rings (SSSR count). The predicted molar refractivity (Wildman–Crippen MR) is 194 cm³/mol. The second-order valence-electron chi connectivity index (χ2n) is 14.7. The largest absolute Gasteiger partial charge is 0.453 e. The van der Waals surface area contributed by atoms with Crippen LogP contribution in [0.15, 0.2) is 72.9 Å². The highest BCUT2D eigenvalue weighted by Gasteiger charge is 2.37. The monoisotopic (exact) mass is 722 g/mol. The molecule has 1 aromatic heterocycles. The molecule has 0 aliphatic carbocycles. The molecule has 3 aromatic rings. The zero-order chi connectivity index (χ0) is 38.6. The van der Waals surface area contributed by atoms with Gasteiger partial charge in [-0.15, -0.1) is 0 Å². The molecular formula is C38H51FN6O7. The van der Waals surface area contributed by atoms with E-state index in [2.05, 4.69) is 26.4 Å². The first kappa shape index (κ1) is 41.3. The van der Waals surface area contributed by atoms with Crippen LogP contribution in [-0.2, 0) is 32.0 Å². The van der Waals surface area contributed by atoms with E-state index in [1.807, 2.05) is 42.5 Å². The maximum Gasteiger partial charge on any atom is 0.407 e. The van der Waals surface area contributed by atoms with E-state index in [0.717, 1.165) is 16.8 Å². The van der Waals surface area contributed by atoms with Crippen LogP contribution < -0.4 is 21.4 Å². The third-order valence-corrected chi connectivity index (χ3v) is 8.28. The van der Waals surface area contributed by atoms with Crippen LogP contribution in [0.4, 0.5) is 14.0 Å². The van der Waals surface area contributed by atoms with Gasteiger partial charge in [0.25, 0.3) is 5.91 Å². The van der Waals surface area contributed by atoms with Crippen LogP contribution in [0.5, 0.6) is 0 Å². The van der Waals surface area contributed by atoms with Crippen LogP contribution in [0.3, 0.4) is 0 Å². The van der Waals surface area contributed by atoms with E-state index in [4.69, 9.17) is 9.47 Å². The number of nitrogens with one attached hydrogen (secondary N) is 4. The fourth-order valence-electron chi connectivity index (χ4n) is 5.39. The van der Waals surface area contributed by atoms with Gasteiger partial charge in [0.05, 0.1) is 32.1 Å². The molecule has 0 fully saturated rings. The molecule has 0 saturated heterocycles. The number of hydrogen-bond acceptors (Lipinski definition) is 9. The lowest BCUT2D eigenvalue weighted by molar-refractivity contribution is -0.132. The molecular weight excluding hydrogens is 671 g/mol. The summed E-state index contributed by atoms with van der Waals surface area (Å²) in [6.07, 6.45) is -1.13. The molecule has 4 amide bonds. The lowest BCUT2D eigenvalue weighted by Crippen LogP contribution is -2.60. The van der Waals surface area contributed by atoms with Gasteiger partial charge >= 0.3 is 12.2 Å². The van der Waals surface area contributed by atoms with Crippen LogP contribution in [-0.4, -0.2) is 84.1 Å². The number of aromatic nitrogens is 1. The third kappa shape index (κ3) is 12.6. The lowest BCUT2D eigenvalue weighted by atomic mass is 9.85. The van der Waals surface area contributed by atoms with Crippen molar-refractivity contribution in [3.63, 3.8) is 0 Å². The Kier molecular flexibility index (Phi) is 14.6. The molecule has 0 saturated carbocycles. The lowest BCUT2D eigenvalue weighted by Gasteiger charge is -2.35. The smallest absolute Gasteiger partial charge is 0.407 e. The Bertz CT molecular complexity index is 1630. The number of aliphatic hydroxyl groups excluding tert-OH is 1. The Balaban J connectivity index is 1.97. The van der Waals surface area contributed by atoms with Crippen molar-refractivity contribution in [3.05, 3.63) is 89.9 Å². The normalized spacial score (nSPS) is 14.0. The number of hydrogen-bond donors (Lipinski definition) is 5. The minimum absolute atomic E-state index is 0.0807. The van der Waals surface area contributed by atoms with Crippen molar-refractivity contribution in [3.8, 4) is 11.3 Å². The molecule has 0 unspecified atom stereocenters. The van der Waals surface area contributed by atoms with E-state index in [1.54, 1.807) is 59.9 Å². The quantitative estimate of drug-likeness (QED) is 0.152. The molecule has 0 spiro atoms. The topological polar surface area (TPSA) is 171 Å². The Labute approximate surface area is 304 Å². The minimum atomic E-state index is -1.32. The average molecular weight is 723 g/mol. The Morgan fingerprint density at radius 2 is 1.31 bits per heavy atom. The van der Waals surface area contributed by atoms with Gasteiger partial charge in [-0.25, -0.2) is 19.0 Å². The summed E-state index contributed by atoms with van der Waals surface area (Å²) in [7, 11) is 2.39. The van der Waals surface area contributed by atoms with Crippen LogP contribution in [0.1, 0.15) is 52.7 Å². The summed E-state index contributed by atoms with van der Waals surface area (Å²) < 4.78 is 23.3. The summed E-state index contributed by atoms with van der Waals surface area (Å²) in [6.45, 7) is 10.6. The number of carbonyl (C=O) groups excluding carboxylic acids is 4. The molecule has 0 radical (unpaired) electrons. The molecule has 14 heteroatoms. The van der Waals surface area contributed by atoms with E-state index in [9.17, 15) is 28.7 Å². The molecule has 1 heterocycles. The number of hydrazine groups is 1. The van der Waals surface area contributed by atoms with Crippen LogP contribution in [0.25, 0.3) is 11.3 Å². The first-order chi connectivity index (χ1) is 24.4. The molecule has 5 N–H and O–H groups in total. The van der Waals surface area contributed by atoms with Crippen molar-refractivity contribution in [2.45, 2.75) is 78.7 Å². The van der Waals surface area contributed by atoms with Gasteiger partial charge in [0.2, 0.25) is 5.91 Å². The Hall–Kier alpha value is -5.08. The van der Waals surface area contributed by atoms with Gasteiger partial charge in [-0.05, 0) is 52.6 Å². The number of ether oxygens (including phenoxy) is 2. The maximum absolute atomic E-state index is 13.8. The zero-order valence-corrected chi connectivity index (χ0v) is 31.0. The van der Waals surface area contributed by atoms with E-state index >= 15 is 0 Å². The van der Waals surface area contributed by atoms with E-state index < -0.39 is 64.9 Å². The van der Waals surface area contributed by atoms with E-state index in [0.29, 0.717) is 5.56 Å². The fraction of sp³-hybridized carbons (Fsp3) is 0.447. The first-order valence-electron chi connectivity index (χ1n) is 16.9.